The van der Waals surface area contributed by atoms with Gasteiger partial charge in [-0.25, -0.2) is 4.79 Å². The van der Waals surface area contributed by atoms with Crippen molar-refractivity contribution >= 4 is 35.4 Å². The first-order valence-electron chi connectivity index (χ1n) is 16.9. The van der Waals surface area contributed by atoms with Gasteiger partial charge in [0.1, 0.15) is 12.1 Å². The number of carbonyl (C=O) groups excluding carboxylic acids is 6. The largest absolute Gasteiger partial charge is 0.363 e. The summed E-state index contributed by atoms with van der Waals surface area (Å²) in [5.41, 5.74) is 5.11. The Bertz CT molecular complexity index is 1290. The molecule has 5 atom stereocenters. The van der Waals surface area contributed by atoms with Crippen molar-refractivity contribution in [3.05, 3.63) is 35.9 Å². The summed E-state index contributed by atoms with van der Waals surface area (Å²) in [6.07, 6.45) is 3.76. The van der Waals surface area contributed by atoms with Crippen molar-refractivity contribution in [1.29, 1.82) is 0 Å². The molecule has 0 bridgehead atoms. The minimum atomic E-state index is -1.10. The number of likely N-dealkylation sites (tertiary alicyclic amines) is 1. The van der Waals surface area contributed by atoms with Crippen molar-refractivity contribution in [3.8, 4) is 0 Å². The summed E-state index contributed by atoms with van der Waals surface area (Å²) in [7, 11) is 0. The van der Waals surface area contributed by atoms with Gasteiger partial charge in [0.15, 0.2) is 0 Å². The lowest BCUT2D eigenvalue weighted by molar-refractivity contribution is -0.144. The summed E-state index contributed by atoms with van der Waals surface area (Å²) in [5.74, 6) is -3.07. The van der Waals surface area contributed by atoms with Crippen LogP contribution in [0.5, 0.6) is 0 Å². The van der Waals surface area contributed by atoms with Crippen LogP contribution in [0.2, 0.25) is 0 Å². The topological polar surface area (TPSA) is 180 Å². The average Bonchev–Trinajstić information content (AvgIpc) is 3.44. The molecule has 1 unspecified atom stereocenters. The van der Waals surface area contributed by atoms with Crippen molar-refractivity contribution in [2.45, 2.75) is 105 Å². The molecule has 0 aromatic heterocycles. The predicted octanol–water partition coefficient (Wildman–Crippen LogP) is 2.76. The molecule has 1 heterocycles. The van der Waals surface area contributed by atoms with Gasteiger partial charge >= 0.3 is 6.03 Å². The first-order chi connectivity index (χ1) is 22.0. The number of rotatable bonds is 14. The van der Waals surface area contributed by atoms with Gasteiger partial charge in [0.05, 0.1) is 12.1 Å². The summed E-state index contributed by atoms with van der Waals surface area (Å²) in [6.45, 7) is 13.8. The van der Waals surface area contributed by atoms with Crippen LogP contribution in [-0.4, -0.2) is 77.6 Å². The summed E-state index contributed by atoms with van der Waals surface area (Å²) < 4.78 is 0. The van der Waals surface area contributed by atoms with Crippen LogP contribution < -0.4 is 27.0 Å². The first kappa shape index (κ1) is 37.5. The van der Waals surface area contributed by atoms with Gasteiger partial charge in [0, 0.05) is 18.7 Å². The predicted molar refractivity (Wildman–Crippen MR) is 179 cm³/mol. The van der Waals surface area contributed by atoms with E-state index in [4.69, 9.17) is 5.73 Å². The Balaban J connectivity index is 1.76. The third kappa shape index (κ3) is 10.0. The molecule has 2 fully saturated rings. The van der Waals surface area contributed by atoms with Gasteiger partial charge in [-0.15, -0.1) is 0 Å². The van der Waals surface area contributed by atoms with Gasteiger partial charge in [-0.2, -0.15) is 0 Å². The smallest absolute Gasteiger partial charge is 0.315 e. The van der Waals surface area contributed by atoms with E-state index in [0.29, 0.717) is 24.9 Å². The standard InChI is InChI=1S/C35H54N6O6/c1-20(2)24-16-17-41(27(24)32(45)38-25(28(42)30(36)43)18-22-12-11-13-22)33(46)29(35(5,6)7)40-34(47)39-26(21(3)4)19-37-31(44)23-14-9-8-10-15-23/h8-10,14-15,20-22,24-27,29H,11-13,16-19H2,1-7H3,(H2,36,43)(H,37,44)(H,38,45)(H2,39,40,47)/t24-,25?,26-,27+,29-/m1/s1. The maximum absolute atomic E-state index is 14.3. The zero-order valence-electron chi connectivity index (χ0n) is 28.9. The molecule has 2 aliphatic rings. The molecule has 3 rings (SSSR count). The summed E-state index contributed by atoms with van der Waals surface area (Å²) >= 11 is 0. The van der Waals surface area contributed by atoms with Crippen LogP contribution in [0.15, 0.2) is 30.3 Å². The van der Waals surface area contributed by atoms with Crippen LogP contribution in [-0.2, 0) is 19.2 Å². The number of Topliss-reactive ketones (excluding diaryl/α,β-unsaturated/α-hetero) is 1. The highest BCUT2D eigenvalue weighted by Crippen LogP contribution is 2.34. The fraction of sp³-hybridized carbons (Fsp3) is 0.657. The lowest BCUT2D eigenvalue weighted by atomic mass is 9.80. The molecule has 1 aliphatic carbocycles. The third-order valence-electron chi connectivity index (χ3n) is 9.55. The maximum Gasteiger partial charge on any atom is 0.315 e. The number of hydrogen-bond acceptors (Lipinski definition) is 6. The van der Waals surface area contributed by atoms with Gasteiger partial charge in [-0.3, -0.25) is 24.0 Å². The van der Waals surface area contributed by atoms with Gasteiger partial charge in [-0.05, 0) is 54.1 Å². The van der Waals surface area contributed by atoms with Crippen molar-refractivity contribution in [3.63, 3.8) is 0 Å². The maximum atomic E-state index is 14.3. The lowest BCUT2D eigenvalue weighted by Crippen LogP contribution is -2.62. The van der Waals surface area contributed by atoms with E-state index in [1.807, 2.05) is 54.5 Å². The third-order valence-corrected chi connectivity index (χ3v) is 9.55. The van der Waals surface area contributed by atoms with Crippen LogP contribution in [0.3, 0.4) is 0 Å². The minimum absolute atomic E-state index is 0.0323. The molecule has 1 aromatic carbocycles. The minimum Gasteiger partial charge on any atom is -0.363 e. The first-order valence-corrected chi connectivity index (χ1v) is 16.9. The second kappa shape index (κ2) is 16.2. The van der Waals surface area contributed by atoms with Gasteiger partial charge < -0.3 is 31.9 Å². The molecule has 6 N–H and O–H groups in total. The van der Waals surface area contributed by atoms with Gasteiger partial charge in [0.25, 0.3) is 11.8 Å². The Morgan fingerprint density at radius 2 is 1.55 bits per heavy atom. The number of primary amides is 1. The molecule has 260 valence electrons. The molecule has 0 radical (unpaired) electrons. The van der Waals surface area contributed by atoms with Crippen LogP contribution in [0.25, 0.3) is 0 Å². The number of urea groups is 1. The summed E-state index contributed by atoms with van der Waals surface area (Å²) in [6, 6.07) is 4.86. The SMILES string of the molecule is CC(C)[C@H]1CCN(C(=O)[C@@H](NC(=O)N[C@H](CNC(=O)c2ccccc2)C(C)C)C(C)(C)C)[C@@H]1C(=O)NC(CC1CCC1)C(=O)C(N)=O. The number of amides is 6. The molecule has 12 nitrogen and oxygen atoms in total. The van der Waals surface area contributed by atoms with Crippen molar-refractivity contribution < 1.29 is 28.8 Å². The number of nitrogens with two attached hydrogens (primary N) is 1. The molecule has 1 saturated heterocycles. The molecule has 1 aromatic rings. The highest BCUT2D eigenvalue weighted by Gasteiger charge is 2.48. The molecule has 1 saturated carbocycles. The van der Waals surface area contributed by atoms with E-state index in [1.54, 1.807) is 24.3 Å². The van der Waals surface area contributed by atoms with Crippen LogP contribution in [0, 0.1) is 29.1 Å². The number of nitrogens with zero attached hydrogens (tertiary/aromatic N) is 1. The van der Waals surface area contributed by atoms with E-state index >= 15 is 0 Å². The van der Waals surface area contributed by atoms with Crippen molar-refractivity contribution in [2.24, 2.45) is 34.8 Å². The van der Waals surface area contributed by atoms with E-state index in [2.05, 4.69) is 21.3 Å². The second-order valence-electron chi connectivity index (χ2n) is 14.8. The van der Waals surface area contributed by atoms with Crippen LogP contribution in [0.1, 0.15) is 90.9 Å². The molecule has 6 amide bonds. The van der Waals surface area contributed by atoms with E-state index in [9.17, 15) is 28.8 Å². The lowest BCUT2D eigenvalue weighted by Gasteiger charge is -2.37. The number of ketones is 1. The molecule has 1 aliphatic heterocycles. The second-order valence-corrected chi connectivity index (χ2v) is 14.8. The highest BCUT2D eigenvalue weighted by atomic mass is 16.2. The molecule has 47 heavy (non-hydrogen) atoms. The Labute approximate surface area is 278 Å². The zero-order valence-corrected chi connectivity index (χ0v) is 28.9. The zero-order chi connectivity index (χ0) is 35.1. The normalized spacial score (nSPS) is 20.1. The quantitative estimate of drug-likeness (QED) is 0.193. The molecule has 0 spiro atoms. The number of carbonyl (C=O) groups is 6. The molecule has 12 heteroatoms. The summed E-state index contributed by atoms with van der Waals surface area (Å²) in [5, 5.41) is 11.4. The van der Waals surface area contributed by atoms with Crippen LogP contribution in [0.4, 0.5) is 4.79 Å². The number of nitrogens with one attached hydrogen (secondary N) is 4. The fourth-order valence-corrected chi connectivity index (χ4v) is 6.32. The van der Waals surface area contributed by atoms with Crippen LogP contribution >= 0.6 is 0 Å². The Morgan fingerprint density at radius 1 is 0.915 bits per heavy atom. The highest BCUT2D eigenvalue weighted by molar-refractivity contribution is 6.37. The Morgan fingerprint density at radius 3 is 2.06 bits per heavy atom. The monoisotopic (exact) mass is 654 g/mol. The number of hydrogen-bond donors (Lipinski definition) is 5. The van der Waals surface area contributed by atoms with E-state index in [1.165, 1.54) is 4.90 Å². The van der Waals surface area contributed by atoms with Gasteiger partial charge in [0.2, 0.25) is 17.6 Å². The molecular weight excluding hydrogens is 600 g/mol. The Kier molecular flexibility index (Phi) is 13.0. The van der Waals surface area contributed by atoms with Crippen molar-refractivity contribution in [1.82, 2.24) is 26.2 Å². The average molecular weight is 655 g/mol. The molecular formula is C35H54N6O6. The van der Waals surface area contributed by atoms with E-state index in [0.717, 1.165) is 19.3 Å². The van der Waals surface area contributed by atoms with Crippen molar-refractivity contribution in [2.75, 3.05) is 13.1 Å². The van der Waals surface area contributed by atoms with Gasteiger partial charge in [-0.1, -0.05) is 85.9 Å². The fourth-order valence-electron chi connectivity index (χ4n) is 6.32. The summed E-state index contributed by atoms with van der Waals surface area (Å²) in [4.78, 5) is 80.2. The Hall–Kier alpha value is -3.96. The van der Waals surface area contributed by atoms with E-state index < -0.39 is 59.1 Å². The number of benzene rings is 1. The van der Waals surface area contributed by atoms with E-state index in [-0.39, 0.29) is 36.1 Å².